The molecule has 0 bridgehead atoms. The molecule has 224 valence electrons. The molecule has 0 saturated heterocycles. The summed E-state index contributed by atoms with van der Waals surface area (Å²) < 4.78 is 17.6. The fourth-order valence-electron chi connectivity index (χ4n) is 4.00. The summed E-state index contributed by atoms with van der Waals surface area (Å²) in [5, 5.41) is 9.11. The molecule has 0 atom stereocenters. The quantitative estimate of drug-likeness (QED) is 0.0967. The molecule has 0 aromatic rings. The van der Waals surface area contributed by atoms with E-state index in [0.29, 0.717) is 45.8 Å². The van der Waals surface area contributed by atoms with Crippen LogP contribution in [0.15, 0.2) is 0 Å². The number of hydrogen-bond donors (Lipinski definition) is 3. The zero-order chi connectivity index (χ0) is 28.2. The van der Waals surface area contributed by atoms with Gasteiger partial charge >= 0.3 is 0 Å². The highest BCUT2D eigenvalue weighted by atomic mass is 16.5. The van der Waals surface area contributed by atoms with E-state index in [1.54, 1.807) is 0 Å². The number of nitrogens with one attached hydrogen (secondary N) is 3. The van der Waals surface area contributed by atoms with Gasteiger partial charge in [0.15, 0.2) is 0 Å². The average molecular weight is 544 g/mol. The molecule has 9 heteroatoms. The average Bonchev–Trinajstić information content (AvgIpc) is 2.90. The Hall–Kier alpha value is -1.55. The minimum absolute atomic E-state index is 0.0232. The molecule has 0 unspecified atom stereocenters. The molecule has 0 saturated carbocycles. The van der Waals surface area contributed by atoms with Crippen molar-refractivity contribution in [3.63, 3.8) is 0 Å². The summed E-state index contributed by atoms with van der Waals surface area (Å²) in [4.78, 5) is 35.3. The van der Waals surface area contributed by atoms with Crippen molar-refractivity contribution in [3.05, 3.63) is 0 Å². The van der Waals surface area contributed by atoms with Crippen LogP contribution in [0, 0.1) is 0 Å². The van der Waals surface area contributed by atoms with Gasteiger partial charge < -0.3 is 35.0 Å². The van der Waals surface area contributed by atoms with Crippen LogP contribution in [0.4, 0.5) is 0 Å². The first-order valence-corrected chi connectivity index (χ1v) is 14.9. The van der Waals surface area contributed by atoms with Gasteiger partial charge in [0.05, 0.1) is 26.4 Å². The van der Waals surface area contributed by atoms with E-state index in [2.05, 4.69) is 16.0 Å². The Morgan fingerprint density at radius 1 is 0.684 bits per heavy atom. The van der Waals surface area contributed by atoms with E-state index < -0.39 is 5.54 Å². The molecule has 2 amide bonds. The van der Waals surface area contributed by atoms with Gasteiger partial charge in [0.25, 0.3) is 0 Å². The van der Waals surface area contributed by atoms with Crippen LogP contribution in [-0.4, -0.2) is 83.4 Å². The molecule has 0 aliphatic carbocycles. The van der Waals surface area contributed by atoms with Crippen LogP contribution in [0.25, 0.3) is 0 Å². The van der Waals surface area contributed by atoms with Crippen molar-refractivity contribution >= 4 is 18.1 Å². The van der Waals surface area contributed by atoms with Crippen molar-refractivity contribution in [2.24, 2.45) is 0 Å². The zero-order valence-corrected chi connectivity index (χ0v) is 24.6. The Kier molecular flexibility index (Phi) is 25.9. The Morgan fingerprint density at radius 3 is 1.79 bits per heavy atom. The standard InChI is InChI=1S/C29H57N3O6/c1-4-21-36-24-29(25-37-22-5-2,26-38-23-17-27(34)31-19-15-18-30-3)32-28(35)16-13-11-9-7-6-8-10-12-14-20-33/h20,30H,4-19,21-26H2,1-3H3,(H,31,34)(H,32,35). The van der Waals surface area contributed by atoms with E-state index in [0.717, 1.165) is 64.2 Å². The molecule has 0 fully saturated rings. The topological polar surface area (TPSA) is 115 Å². The van der Waals surface area contributed by atoms with Crippen LogP contribution >= 0.6 is 0 Å². The van der Waals surface area contributed by atoms with E-state index in [1.807, 2.05) is 20.9 Å². The largest absolute Gasteiger partial charge is 0.379 e. The van der Waals surface area contributed by atoms with E-state index in [4.69, 9.17) is 14.2 Å². The summed E-state index contributed by atoms with van der Waals surface area (Å²) in [5.74, 6) is -0.0638. The number of amides is 2. The first-order chi connectivity index (χ1) is 18.5. The van der Waals surface area contributed by atoms with Crippen LogP contribution in [0.3, 0.4) is 0 Å². The first-order valence-electron chi connectivity index (χ1n) is 14.9. The molecule has 0 aromatic heterocycles. The first kappa shape index (κ1) is 36.5. The summed E-state index contributed by atoms with van der Waals surface area (Å²) >= 11 is 0. The Labute approximate surface area is 231 Å². The van der Waals surface area contributed by atoms with Crippen molar-refractivity contribution in [2.45, 2.75) is 109 Å². The second-order valence-corrected chi connectivity index (χ2v) is 10.1. The lowest BCUT2D eigenvalue weighted by Crippen LogP contribution is -2.58. The molecule has 0 aliphatic rings. The van der Waals surface area contributed by atoms with E-state index in [9.17, 15) is 14.4 Å². The van der Waals surface area contributed by atoms with Gasteiger partial charge in [-0.05, 0) is 45.7 Å². The number of carbonyl (C=O) groups is 3. The van der Waals surface area contributed by atoms with Crippen LogP contribution < -0.4 is 16.0 Å². The fourth-order valence-corrected chi connectivity index (χ4v) is 4.00. The lowest BCUT2D eigenvalue weighted by molar-refractivity contribution is -0.129. The van der Waals surface area contributed by atoms with Crippen molar-refractivity contribution in [1.82, 2.24) is 16.0 Å². The molecular weight excluding hydrogens is 486 g/mol. The molecule has 0 rings (SSSR count). The SMILES string of the molecule is CCCOCC(COCCC)(COCCC(=O)NCCCNC)NC(=O)CCCCCCCCCCC=O. The van der Waals surface area contributed by atoms with Gasteiger partial charge in [-0.25, -0.2) is 0 Å². The Morgan fingerprint density at radius 2 is 1.24 bits per heavy atom. The number of ether oxygens (including phenoxy) is 3. The second kappa shape index (κ2) is 27.0. The molecule has 3 N–H and O–H groups in total. The molecule has 0 radical (unpaired) electrons. The van der Waals surface area contributed by atoms with Gasteiger partial charge in [-0.3, -0.25) is 9.59 Å². The molecule has 0 spiro atoms. The third-order valence-electron chi connectivity index (χ3n) is 6.11. The highest BCUT2D eigenvalue weighted by Crippen LogP contribution is 2.13. The van der Waals surface area contributed by atoms with Gasteiger partial charge in [-0.1, -0.05) is 52.4 Å². The summed E-state index contributed by atoms with van der Waals surface area (Å²) in [6.45, 7) is 7.87. The smallest absolute Gasteiger partial charge is 0.222 e. The summed E-state index contributed by atoms with van der Waals surface area (Å²) in [6.07, 6.45) is 13.6. The van der Waals surface area contributed by atoms with Crippen LogP contribution in [0.2, 0.25) is 0 Å². The Bertz CT molecular complexity index is 567. The molecule has 9 nitrogen and oxygen atoms in total. The molecule has 38 heavy (non-hydrogen) atoms. The highest BCUT2D eigenvalue weighted by Gasteiger charge is 2.33. The minimum Gasteiger partial charge on any atom is -0.379 e. The third kappa shape index (κ3) is 22.4. The molecule has 0 aromatic carbocycles. The zero-order valence-electron chi connectivity index (χ0n) is 24.6. The van der Waals surface area contributed by atoms with Crippen molar-refractivity contribution in [3.8, 4) is 0 Å². The summed E-state index contributed by atoms with van der Waals surface area (Å²) in [5.41, 5.74) is -0.786. The summed E-state index contributed by atoms with van der Waals surface area (Å²) in [7, 11) is 1.89. The number of aldehydes is 1. The van der Waals surface area contributed by atoms with Gasteiger partial charge in [-0.2, -0.15) is 0 Å². The second-order valence-electron chi connectivity index (χ2n) is 10.1. The van der Waals surface area contributed by atoms with Crippen molar-refractivity contribution < 1.29 is 28.6 Å². The van der Waals surface area contributed by atoms with Gasteiger partial charge in [0, 0.05) is 39.0 Å². The normalized spacial score (nSPS) is 11.4. The van der Waals surface area contributed by atoms with Crippen LogP contribution in [-0.2, 0) is 28.6 Å². The highest BCUT2D eigenvalue weighted by molar-refractivity contribution is 5.77. The number of rotatable bonds is 29. The van der Waals surface area contributed by atoms with Crippen LogP contribution in [0.5, 0.6) is 0 Å². The maximum Gasteiger partial charge on any atom is 0.222 e. The lowest BCUT2D eigenvalue weighted by Gasteiger charge is -2.34. The van der Waals surface area contributed by atoms with Gasteiger partial charge in [0.1, 0.15) is 11.8 Å². The number of carbonyl (C=O) groups excluding carboxylic acids is 3. The van der Waals surface area contributed by atoms with E-state index >= 15 is 0 Å². The van der Waals surface area contributed by atoms with Crippen molar-refractivity contribution in [2.75, 3.05) is 59.8 Å². The Balaban J connectivity index is 4.63. The maximum atomic E-state index is 12.9. The van der Waals surface area contributed by atoms with Gasteiger partial charge in [-0.15, -0.1) is 0 Å². The predicted octanol–water partition coefficient (Wildman–Crippen LogP) is 3.93. The van der Waals surface area contributed by atoms with Crippen molar-refractivity contribution in [1.29, 1.82) is 0 Å². The predicted molar refractivity (Wildman–Crippen MR) is 152 cm³/mol. The van der Waals surface area contributed by atoms with Gasteiger partial charge in [0.2, 0.25) is 11.8 Å². The fraction of sp³-hybridized carbons (Fsp3) is 0.897. The molecule has 0 heterocycles. The monoisotopic (exact) mass is 543 g/mol. The number of hydrogen-bond acceptors (Lipinski definition) is 7. The van der Waals surface area contributed by atoms with Crippen LogP contribution in [0.1, 0.15) is 104 Å². The number of unbranched alkanes of at least 4 members (excludes halogenated alkanes) is 8. The maximum absolute atomic E-state index is 12.9. The van der Waals surface area contributed by atoms with E-state index in [1.165, 1.54) is 19.3 Å². The molecular formula is C29H57N3O6. The molecule has 0 aliphatic heterocycles. The minimum atomic E-state index is -0.786. The summed E-state index contributed by atoms with van der Waals surface area (Å²) in [6, 6.07) is 0. The third-order valence-corrected chi connectivity index (χ3v) is 6.11. The lowest BCUT2D eigenvalue weighted by atomic mass is 10.0. The van der Waals surface area contributed by atoms with E-state index in [-0.39, 0.29) is 31.4 Å².